The van der Waals surface area contributed by atoms with Crippen molar-refractivity contribution in [2.24, 2.45) is 5.16 Å². The van der Waals surface area contributed by atoms with Gasteiger partial charge in [-0.3, -0.25) is 0 Å². The van der Waals surface area contributed by atoms with E-state index in [0.717, 1.165) is 5.56 Å². The quantitative estimate of drug-likeness (QED) is 0.261. The molecule has 1 N–H and O–H groups in total. The second kappa shape index (κ2) is 4.96. The number of hydrogen-bond donors (Lipinski definition) is 1. The number of amidine groups is 1. The summed E-state index contributed by atoms with van der Waals surface area (Å²) in [6, 6.07) is 9.33. The van der Waals surface area contributed by atoms with E-state index in [1.165, 1.54) is 0 Å². The van der Waals surface area contributed by atoms with E-state index in [4.69, 9.17) is 5.21 Å². The topological polar surface area (TPSA) is 75.7 Å². The molecule has 0 saturated heterocycles. The average Bonchev–Trinajstić information content (AvgIpc) is 2.20. The van der Waals surface area contributed by atoms with Crippen LogP contribution in [0.25, 0.3) is 0 Å². The summed E-state index contributed by atoms with van der Waals surface area (Å²) < 4.78 is 0. The lowest BCUT2D eigenvalue weighted by molar-refractivity contribution is -0.355. The van der Waals surface area contributed by atoms with Crippen molar-refractivity contribution in [2.75, 3.05) is 0 Å². The summed E-state index contributed by atoms with van der Waals surface area (Å²) in [6.07, 6.45) is 0.634. The smallest absolute Gasteiger partial charge is 0.358 e. The van der Waals surface area contributed by atoms with Crippen molar-refractivity contribution in [3.63, 3.8) is 0 Å². The van der Waals surface area contributed by atoms with Crippen molar-refractivity contribution in [3.05, 3.63) is 46.0 Å². The van der Waals surface area contributed by atoms with Crippen LogP contribution < -0.4 is 0 Å². The molecule has 5 nitrogen and oxygen atoms in total. The summed E-state index contributed by atoms with van der Waals surface area (Å²) in [7, 11) is 0. The monoisotopic (exact) mass is 194 g/mol. The lowest BCUT2D eigenvalue weighted by Gasteiger charge is -1.97. The number of nitrogens with zero attached hydrogens (tertiary/aromatic N) is 2. The van der Waals surface area contributed by atoms with E-state index in [9.17, 15) is 10.1 Å². The van der Waals surface area contributed by atoms with Gasteiger partial charge in [0.2, 0.25) is 0 Å². The molecule has 0 aliphatic rings. The fraction of sp³-hybridized carbons (Fsp3) is 0.222. The molecule has 0 bridgehead atoms. The summed E-state index contributed by atoms with van der Waals surface area (Å²) in [4.78, 5) is 9.59. The van der Waals surface area contributed by atoms with Crippen molar-refractivity contribution in [3.8, 4) is 0 Å². The molecule has 0 spiro atoms. The van der Waals surface area contributed by atoms with Gasteiger partial charge >= 0.3 is 5.84 Å². The Balaban J connectivity index is 2.53. The lowest BCUT2D eigenvalue weighted by Crippen LogP contribution is -2.12. The Bertz CT molecular complexity index is 335. The molecule has 1 aromatic rings. The van der Waals surface area contributed by atoms with Gasteiger partial charge in [0.05, 0.1) is 6.42 Å². The lowest BCUT2D eigenvalue weighted by atomic mass is 10.1. The molecule has 0 saturated carbocycles. The van der Waals surface area contributed by atoms with Crippen molar-refractivity contribution >= 4 is 5.84 Å². The van der Waals surface area contributed by atoms with Crippen LogP contribution in [0.5, 0.6) is 0 Å². The molecule has 1 rings (SSSR count). The van der Waals surface area contributed by atoms with Gasteiger partial charge in [-0.25, -0.2) is 0 Å². The highest BCUT2D eigenvalue weighted by Crippen LogP contribution is 2.03. The zero-order valence-electron chi connectivity index (χ0n) is 7.46. The van der Waals surface area contributed by atoms with Crippen LogP contribution >= 0.6 is 0 Å². The number of oxime groups is 1. The van der Waals surface area contributed by atoms with Crippen LogP contribution in [-0.4, -0.2) is 16.0 Å². The van der Waals surface area contributed by atoms with Crippen LogP contribution in [-0.2, 0) is 6.42 Å². The summed E-state index contributed by atoms with van der Waals surface area (Å²) in [5.41, 5.74) is 0.982. The molecule has 0 aliphatic carbocycles. The Hall–Kier alpha value is -1.91. The number of benzene rings is 1. The van der Waals surface area contributed by atoms with E-state index in [-0.39, 0.29) is 6.42 Å². The van der Waals surface area contributed by atoms with Crippen LogP contribution in [0.3, 0.4) is 0 Å². The zero-order chi connectivity index (χ0) is 10.4. The van der Waals surface area contributed by atoms with Gasteiger partial charge < -0.3 is 15.3 Å². The first-order chi connectivity index (χ1) is 6.74. The van der Waals surface area contributed by atoms with Crippen LogP contribution in [0.2, 0.25) is 0 Å². The predicted molar refractivity (Wildman–Crippen MR) is 51.0 cm³/mol. The van der Waals surface area contributed by atoms with E-state index >= 15 is 0 Å². The second-order valence-electron chi connectivity index (χ2n) is 2.76. The van der Waals surface area contributed by atoms with Crippen molar-refractivity contribution in [1.82, 2.24) is 0 Å². The number of nitro groups is 1. The molecule has 0 aromatic heterocycles. The molecular weight excluding hydrogens is 184 g/mol. The summed E-state index contributed by atoms with van der Waals surface area (Å²) in [5, 5.41) is 21.2. The molecule has 1 aromatic carbocycles. The summed E-state index contributed by atoms with van der Waals surface area (Å²) in [5.74, 6) is -0.408. The van der Waals surface area contributed by atoms with Crippen LogP contribution in [0.4, 0.5) is 0 Å². The van der Waals surface area contributed by atoms with E-state index in [1.54, 1.807) is 0 Å². The zero-order valence-corrected chi connectivity index (χ0v) is 7.46. The molecule has 5 heteroatoms. The van der Waals surface area contributed by atoms with Gasteiger partial charge in [0.15, 0.2) is 0 Å². The highest BCUT2D eigenvalue weighted by Gasteiger charge is 2.12. The predicted octanol–water partition coefficient (Wildman–Crippen LogP) is 1.68. The van der Waals surface area contributed by atoms with Gasteiger partial charge in [-0.1, -0.05) is 30.3 Å². The van der Waals surface area contributed by atoms with Crippen molar-refractivity contribution < 1.29 is 10.1 Å². The van der Waals surface area contributed by atoms with Crippen molar-refractivity contribution in [2.45, 2.75) is 12.8 Å². The maximum absolute atomic E-state index is 10.3. The first kappa shape index (κ1) is 10.2. The standard InChI is InChI=1S/C9H10N2O3/c12-10-9(11(13)14)7-6-8-4-2-1-3-5-8/h1-5,12H,6-7H2. The molecular formula is C9H10N2O3. The molecule has 0 amide bonds. The molecule has 74 valence electrons. The maximum atomic E-state index is 10.3. The molecule has 0 unspecified atom stereocenters. The summed E-state index contributed by atoms with van der Waals surface area (Å²) >= 11 is 0. The SMILES string of the molecule is O=[N+]([O-])C(CCc1ccccc1)=NO. The fourth-order valence-corrected chi connectivity index (χ4v) is 1.08. The average molecular weight is 194 g/mol. The third-order valence-corrected chi connectivity index (χ3v) is 1.81. The van der Waals surface area contributed by atoms with Crippen LogP contribution in [0, 0.1) is 10.1 Å². The molecule has 0 atom stereocenters. The largest absolute Gasteiger partial charge is 0.385 e. The van der Waals surface area contributed by atoms with Crippen LogP contribution in [0.15, 0.2) is 35.5 Å². The van der Waals surface area contributed by atoms with Gasteiger partial charge in [0.1, 0.15) is 5.16 Å². The third kappa shape index (κ3) is 2.85. The minimum absolute atomic E-state index is 0.132. The Labute approximate surface area is 80.8 Å². The Morgan fingerprint density at radius 2 is 2.07 bits per heavy atom. The number of rotatable bonds is 3. The highest BCUT2D eigenvalue weighted by atomic mass is 16.6. The van der Waals surface area contributed by atoms with E-state index in [1.807, 2.05) is 30.3 Å². The Kier molecular flexibility index (Phi) is 3.60. The van der Waals surface area contributed by atoms with Gasteiger partial charge in [-0.2, -0.15) is 0 Å². The highest BCUT2D eigenvalue weighted by molar-refractivity contribution is 5.73. The van der Waals surface area contributed by atoms with Crippen molar-refractivity contribution in [1.29, 1.82) is 0 Å². The molecule has 0 heterocycles. The first-order valence-corrected chi connectivity index (χ1v) is 4.13. The maximum Gasteiger partial charge on any atom is 0.385 e. The van der Waals surface area contributed by atoms with Crippen LogP contribution in [0.1, 0.15) is 12.0 Å². The molecule has 0 aliphatic heterocycles. The van der Waals surface area contributed by atoms with Gasteiger partial charge in [0.25, 0.3) is 0 Å². The normalized spacial score (nSPS) is 11.3. The Morgan fingerprint density at radius 1 is 1.43 bits per heavy atom. The van der Waals surface area contributed by atoms with E-state index < -0.39 is 10.8 Å². The first-order valence-electron chi connectivity index (χ1n) is 4.13. The fourth-order valence-electron chi connectivity index (χ4n) is 1.08. The minimum Gasteiger partial charge on any atom is -0.358 e. The second-order valence-corrected chi connectivity index (χ2v) is 2.76. The molecule has 14 heavy (non-hydrogen) atoms. The van der Waals surface area contributed by atoms with E-state index in [2.05, 4.69) is 5.16 Å². The Morgan fingerprint density at radius 3 is 2.57 bits per heavy atom. The molecule has 0 fully saturated rings. The molecule has 0 radical (unpaired) electrons. The van der Waals surface area contributed by atoms with E-state index in [0.29, 0.717) is 6.42 Å². The number of aryl methyl sites for hydroxylation is 1. The van der Waals surface area contributed by atoms with Gasteiger partial charge in [-0.15, -0.1) is 0 Å². The minimum atomic E-state index is -0.678. The number of hydrogen-bond acceptors (Lipinski definition) is 4. The third-order valence-electron chi connectivity index (χ3n) is 1.81. The summed E-state index contributed by atoms with van der Waals surface area (Å²) in [6.45, 7) is 0. The van der Waals surface area contributed by atoms with Gasteiger partial charge in [-0.05, 0) is 16.9 Å². The van der Waals surface area contributed by atoms with Gasteiger partial charge in [0, 0.05) is 0 Å².